The Labute approximate surface area is 165 Å². The molecule has 27 heavy (non-hydrogen) atoms. The van der Waals surface area contributed by atoms with Gasteiger partial charge in [-0.1, -0.05) is 37.0 Å². The van der Waals surface area contributed by atoms with Crippen LogP contribution < -0.4 is 10.5 Å². The van der Waals surface area contributed by atoms with E-state index in [4.69, 9.17) is 5.73 Å². The molecule has 1 aromatic rings. The molecule has 154 valence electrons. The van der Waals surface area contributed by atoms with Crippen molar-refractivity contribution in [2.24, 2.45) is 11.7 Å². The zero-order valence-corrected chi connectivity index (χ0v) is 17.8. The third-order valence-corrected chi connectivity index (χ3v) is 7.09. The molecular formula is C21H37N3O2S. The van der Waals surface area contributed by atoms with Gasteiger partial charge in [0.25, 0.3) is 0 Å². The molecule has 0 aliphatic heterocycles. The topological polar surface area (TPSA) is 75.4 Å². The highest BCUT2D eigenvalue weighted by Gasteiger charge is 2.20. The van der Waals surface area contributed by atoms with Crippen molar-refractivity contribution in [1.82, 2.24) is 9.62 Å². The lowest BCUT2D eigenvalue weighted by atomic mass is 9.89. The van der Waals surface area contributed by atoms with E-state index in [1.54, 1.807) is 12.1 Å². The SMILES string of the molecule is Cc1ccc(S(=O)(=O)NC(C)CCN(CCCN)CC2CCCCC2)cc1. The first-order valence-electron chi connectivity index (χ1n) is 10.4. The molecule has 6 heteroatoms. The first-order valence-corrected chi connectivity index (χ1v) is 11.9. The van der Waals surface area contributed by atoms with Gasteiger partial charge < -0.3 is 10.6 Å². The maximum Gasteiger partial charge on any atom is 0.240 e. The summed E-state index contributed by atoms with van der Waals surface area (Å²) in [7, 11) is -3.46. The molecule has 1 fully saturated rings. The molecule has 2 rings (SSSR count). The summed E-state index contributed by atoms with van der Waals surface area (Å²) in [5, 5.41) is 0. The van der Waals surface area contributed by atoms with E-state index in [1.807, 2.05) is 26.0 Å². The van der Waals surface area contributed by atoms with Crippen LogP contribution in [0.4, 0.5) is 0 Å². The Morgan fingerprint density at radius 3 is 2.44 bits per heavy atom. The third-order valence-electron chi connectivity index (χ3n) is 5.49. The summed E-state index contributed by atoms with van der Waals surface area (Å²) in [4.78, 5) is 2.82. The Hall–Kier alpha value is -0.950. The number of nitrogens with one attached hydrogen (secondary N) is 1. The van der Waals surface area contributed by atoms with Gasteiger partial charge in [0.15, 0.2) is 0 Å². The van der Waals surface area contributed by atoms with Crippen molar-refractivity contribution in [3.8, 4) is 0 Å². The number of nitrogens with two attached hydrogens (primary N) is 1. The van der Waals surface area contributed by atoms with Crippen LogP contribution in [0.1, 0.15) is 57.4 Å². The van der Waals surface area contributed by atoms with Crippen molar-refractivity contribution in [1.29, 1.82) is 0 Å². The first kappa shape index (κ1) is 22.3. The molecule has 0 aromatic heterocycles. The fourth-order valence-electron chi connectivity index (χ4n) is 3.83. The standard InChI is InChI=1S/C21H37N3O2S/c1-18-9-11-21(12-10-18)27(25,26)23-19(2)13-16-24(15-6-14-22)17-20-7-4-3-5-8-20/h9-12,19-20,23H,3-8,13-17,22H2,1-2H3. The summed E-state index contributed by atoms with van der Waals surface area (Å²) in [6, 6.07) is 6.90. The second kappa shape index (κ2) is 11.1. The molecule has 0 saturated heterocycles. The lowest BCUT2D eigenvalue weighted by Gasteiger charge is -2.30. The fourth-order valence-corrected chi connectivity index (χ4v) is 5.11. The van der Waals surface area contributed by atoms with Gasteiger partial charge in [0.1, 0.15) is 0 Å². The molecule has 0 bridgehead atoms. The van der Waals surface area contributed by atoms with Crippen molar-refractivity contribution < 1.29 is 8.42 Å². The van der Waals surface area contributed by atoms with Gasteiger partial charge in [-0.05, 0) is 77.2 Å². The molecule has 1 aliphatic carbocycles. The van der Waals surface area contributed by atoms with Crippen LogP contribution in [-0.2, 0) is 10.0 Å². The Morgan fingerprint density at radius 1 is 1.15 bits per heavy atom. The monoisotopic (exact) mass is 395 g/mol. The molecule has 0 amide bonds. The van der Waals surface area contributed by atoms with Crippen molar-refractivity contribution in [2.45, 2.75) is 69.7 Å². The van der Waals surface area contributed by atoms with E-state index in [0.717, 1.165) is 44.0 Å². The Morgan fingerprint density at radius 2 is 1.81 bits per heavy atom. The number of hydrogen-bond donors (Lipinski definition) is 2. The van der Waals surface area contributed by atoms with Crippen LogP contribution in [0.25, 0.3) is 0 Å². The van der Waals surface area contributed by atoms with E-state index in [1.165, 1.54) is 32.1 Å². The summed E-state index contributed by atoms with van der Waals surface area (Å²) in [5.74, 6) is 0.788. The van der Waals surface area contributed by atoms with E-state index in [-0.39, 0.29) is 6.04 Å². The maximum absolute atomic E-state index is 12.5. The third kappa shape index (κ3) is 7.90. The number of benzene rings is 1. The predicted molar refractivity (Wildman–Crippen MR) is 112 cm³/mol. The van der Waals surface area contributed by atoms with E-state index >= 15 is 0 Å². The second-order valence-corrected chi connectivity index (χ2v) is 9.78. The van der Waals surface area contributed by atoms with Gasteiger partial charge in [-0.25, -0.2) is 13.1 Å². The average molecular weight is 396 g/mol. The molecule has 0 spiro atoms. The minimum absolute atomic E-state index is 0.0944. The Balaban J connectivity index is 1.85. The van der Waals surface area contributed by atoms with Gasteiger partial charge in [-0.2, -0.15) is 0 Å². The number of aryl methyl sites for hydroxylation is 1. The van der Waals surface area contributed by atoms with Crippen LogP contribution >= 0.6 is 0 Å². The number of nitrogens with zero attached hydrogens (tertiary/aromatic N) is 1. The maximum atomic E-state index is 12.5. The molecule has 0 heterocycles. The van der Waals surface area contributed by atoms with E-state index in [2.05, 4.69) is 9.62 Å². The summed E-state index contributed by atoms with van der Waals surface area (Å²) < 4.78 is 27.9. The first-order chi connectivity index (χ1) is 12.9. The van der Waals surface area contributed by atoms with Crippen LogP contribution in [-0.4, -0.2) is 45.5 Å². The van der Waals surface area contributed by atoms with Crippen molar-refractivity contribution in [3.05, 3.63) is 29.8 Å². The predicted octanol–water partition coefficient (Wildman–Crippen LogP) is 3.28. The zero-order chi connectivity index (χ0) is 19.7. The minimum atomic E-state index is -3.46. The summed E-state index contributed by atoms with van der Waals surface area (Å²) in [5.41, 5.74) is 6.76. The van der Waals surface area contributed by atoms with Crippen LogP contribution in [0.15, 0.2) is 29.2 Å². The van der Waals surface area contributed by atoms with Gasteiger partial charge in [-0.3, -0.25) is 0 Å². The minimum Gasteiger partial charge on any atom is -0.330 e. The number of hydrogen-bond acceptors (Lipinski definition) is 4. The molecule has 1 unspecified atom stereocenters. The molecule has 1 aliphatic rings. The summed E-state index contributed by atoms with van der Waals surface area (Å²) in [6.07, 6.45) is 8.53. The van der Waals surface area contributed by atoms with Crippen molar-refractivity contribution in [3.63, 3.8) is 0 Å². The normalized spacial score (nSPS) is 17.3. The Kier molecular flexibility index (Phi) is 9.22. The highest BCUT2D eigenvalue weighted by Crippen LogP contribution is 2.24. The van der Waals surface area contributed by atoms with Crippen molar-refractivity contribution in [2.75, 3.05) is 26.2 Å². The Bertz CT molecular complexity index is 640. The number of rotatable bonds is 11. The van der Waals surface area contributed by atoms with E-state index in [0.29, 0.717) is 11.4 Å². The van der Waals surface area contributed by atoms with Crippen LogP contribution in [0.3, 0.4) is 0 Å². The van der Waals surface area contributed by atoms with E-state index < -0.39 is 10.0 Å². The molecule has 0 radical (unpaired) electrons. The molecule has 1 atom stereocenters. The molecule has 1 aromatic carbocycles. The fraction of sp³-hybridized carbons (Fsp3) is 0.714. The van der Waals surface area contributed by atoms with Gasteiger partial charge in [0.05, 0.1) is 4.90 Å². The zero-order valence-electron chi connectivity index (χ0n) is 17.0. The van der Waals surface area contributed by atoms with E-state index in [9.17, 15) is 8.42 Å². The van der Waals surface area contributed by atoms with Gasteiger partial charge >= 0.3 is 0 Å². The van der Waals surface area contributed by atoms with Crippen LogP contribution in [0.2, 0.25) is 0 Å². The van der Waals surface area contributed by atoms with Gasteiger partial charge in [0.2, 0.25) is 10.0 Å². The molecule has 1 saturated carbocycles. The highest BCUT2D eigenvalue weighted by molar-refractivity contribution is 7.89. The van der Waals surface area contributed by atoms with Crippen LogP contribution in [0, 0.1) is 12.8 Å². The number of sulfonamides is 1. The average Bonchev–Trinajstić information content (AvgIpc) is 2.65. The largest absolute Gasteiger partial charge is 0.330 e. The quantitative estimate of drug-likeness (QED) is 0.603. The lowest BCUT2D eigenvalue weighted by molar-refractivity contribution is 0.194. The second-order valence-electron chi connectivity index (χ2n) is 8.07. The molecule has 5 nitrogen and oxygen atoms in total. The summed E-state index contributed by atoms with van der Waals surface area (Å²) in [6.45, 7) is 7.65. The van der Waals surface area contributed by atoms with Gasteiger partial charge in [-0.15, -0.1) is 0 Å². The molecular weight excluding hydrogens is 358 g/mol. The van der Waals surface area contributed by atoms with Crippen molar-refractivity contribution >= 4 is 10.0 Å². The van der Waals surface area contributed by atoms with Crippen LogP contribution in [0.5, 0.6) is 0 Å². The summed E-state index contributed by atoms with van der Waals surface area (Å²) >= 11 is 0. The molecule has 3 N–H and O–H groups in total. The smallest absolute Gasteiger partial charge is 0.240 e. The lowest BCUT2D eigenvalue weighted by Crippen LogP contribution is -2.38. The van der Waals surface area contributed by atoms with Gasteiger partial charge in [0, 0.05) is 12.6 Å². The highest BCUT2D eigenvalue weighted by atomic mass is 32.2.